The molecule has 0 aliphatic heterocycles. The van der Waals surface area contributed by atoms with Crippen LogP contribution in [0.1, 0.15) is 11.7 Å². The van der Waals surface area contributed by atoms with Crippen molar-refractivity contribution in [2.45, 2.75) is 13.1 Å². The number of carbonyl (C=O) groups is 1. The number of alkyl halides is 1. The number of rotatable bonds is 3. The first-order chi connectivity index (χ1) is 5.22. The van der Waals surface area contributed by atoms with E-state index in [1.54, 1.807) is 0 Å². The molecule has 0 atom stereocenters. The fraction of sp³-hybridized carbons (Fsp3) is 0.333. The minimum absolute atomic E-state index is 0.0325. The molecule has 5 heteroatoms. The number of halogens is 1. The van der Waals surface area contributed by atoms with E-state index in [1.807, 2.05) is 0 Å². The van der Waals surface area contributed by atoms with Gasteiger partial charge in [0.15, 0.2) is 5.76 Å². The van der Waals surface area contributed by atoms with Gasteiger partial charge in [-0.25, -0.2) is 9.37 Å². The summed E-state index contributed by atoms with van der Waals surface area (Å²) in [6.45, 7) is -0.757. The smallest absolute Gasteiger partial charge is 0.312 e. The summed E-state index contributed by atoms with van der Waals surface area (Å²) in [4.78, 5) is 13.6. The topological polar surface area (TPSA) is 63.3 Å². The van der Waals surface area contributed by atoms with Gasteiger partial charge in [0.05, 0.1) is 6.20 Å². The van der Waals surface area contributed by atoms with Gasteiger partial charge in [-0.15, -0.1) is 0 Å². The quantitative estimate of drug-likeness (QED) is 0.707. The van der Waals surface area contributed by atoms with Crippen LogP contribution in [0.4, 0.5) is 4.39 Å². The number of hydrogen-bond acceptors (Lipinski definition) is 3. The minimum atomic E-state index is -1.04. The predicted molar refractivity (Wildman–Crippen MR) is 32.7 cm³/mol. The molecule has 11 heavy (non-hydrogen) atoms. The highest BCUT2D eigenvalue weighted by atomic mass is 19.1. The molecule has 0 aromatic carbocycles. The summed E-state index contributed by atoms with van der Waals surface area (Å²) in [6, 6.07) is 0. The highest BCUT2D eigenvalue weighted by molar-refractivity contribution is 5.68. The molecule has 1 heterocycles. The average molecular weight is 159 g/mol. The molecule has 1 N–H and O–H groups in total. The van der Waals surface area contributed by atoms with E-state index in [-0.39, 0.29) is 18.1 Å². The van der Waals surface area contributed by atoms with E-state index in [4.69, 9.17) is 5.11 Å². The highest BCUT2D eigenvalue weighted by Crippen LogP contribution is 2.05. The second-order valence-corrected chi connectivity index (χ2v) is 1.92. The third-order valence-electron chi connectivity index (χ3n) is 1.04. The summed E-state index contributed by atoms with van der Waals surface area (Å²) in [6.07, 6.45) is 0.873. The van der Waals surface area contributed by atoms with Crippen LogP contribution in [-0.4, -0.2) is 16.1 Å². The molecule has 4 nitrogen and oxygen atoms in total. The van der Waals surface area contributed by atoms with Crippen molar-refractivity contribution < 1.29 is 18.7 Å². The maximum absolute atomic E-state index is 11.8. The normalized spacial score (nSPS) is 9.91. The fourth-order valence-corrected chi connectivity index (χ4v) is 0.621. The van der Waals surface area contributed by atoms with Crippen LogP contribution in [0.25, 0.3) is 0 Å². The lowest BCUT2D eigenvalue weighted by Gasteiger charge is -1.86. The molecule has 1 aromatic rings. The van der Waals surface area contributed by atoms with Crippen LogP contribution in [0.15, 0.2) is 10.6 Å². The Labute approximate surface area is 61.7 Å². The first-order valence-corrected chi connectivity index (χ1v) is 2.93. The molecule has 0 aliphatic carbocycles. The minimum Gasteiger partial charge on any atom is -0.481 e. The molecule has 0 bridgehead atoms. The molecule has 1 rings (SSSR count). The van der Waals surface area contributed by atoms with Crippen molar-refractivity contribution in [2.24, 2.45) is 0 Å². The van der Waals surface area contributed by atoms with Crippen LogP contribution in [0, 0.1) is 0 Å². The summed E-state index contributed by atoms with van der Waals surface area (Å²) >= 11 is 0. The zero-order valence-electron chi connectivity index (χ0n) is 5.58. The zero-order chi connectivity index (χ0) is 8.27. The lowest BCUT2D eigenvalue weighted by Crippen LogP contribution is -1.99. The number of oxazole rings is 1. The largest absolute Gasteiger partial charge is 0.481 e. The SMILES string of the molecule is O=C(O)Cc1ncc(CF)o1. The number of nitrogens with zero attached hydrogens (tertiary/aromatic N) is 1. The van der Waals surface area contributed by atoms with Gasteiger partial charge in [0.1, 0.15) is 13.1 Å². The molecule has 0 fully saturated rings. The summed E-state index contributed by atoms with van der Waals surface area (Å²) in [5.41, 5.74) is 0. The number of carboxylic acids is 1. The molecule has 0 radical (unpaired) electrons. The Balaban J connectivity index is 2.65. The van der Waals surface area contributed by atoms with Crippen LogP contribution in [0.3, 0.4) is 0 Å². The van der Waals surface area contributed by atoms with E-state index < -0.39 is 12.6 Å². The van der Waals surface area contributed by atoms with Crippen molar-refractivity contribution in [1.82, 2.24) is 4.98 Å². The lowest BCUT2D eigenvalue weighted by atomic mass is 10.4. The van der Waals surface area contributed by atoms with E-state index >= 15 is 0 Å². The second-order valence-electron chi connectivity index (χ2n) is 1.92. The van der Waals surface area contributed by atoms with Gasteiger partial charge in [0, 0.05) is 0 Å². The predicted octanol–water partition coefficient (Wildman–Crippen LogP) is 0.771. The Morgan fingerprint density at radius 3 is 3.00 bits per heavy atom. The standard InChI is InChI=1S/C6H6FNO3/c7-2-4-3-8-5(11-4)1-6(9)10/h3H,1-2H2,(H,9,10). The molecule has 0 unspecified atom stereocenters. The lowest BCUT2D eigenvalue weighted by molar-refractivity contribution is -0.136. The Kier molecular flexibility index (Phi) is 2.20. The fourth-order valence-electron chi connectivity index (χ4n) is 0.621. The van der Waals surface area contributed by atoms with Crippen LogP contribution < -0.4 is 0 Å². The van der Waals surface area contributed by atoms with Crippen LogP contribution in [0.2, 0.25) is 0 Å². The van der Waals surface area contributed by atoms with Crippen molar-refractivity contribution in [2.75, 3.05) is 0 Å². The Morgan fingerprint density at radius 1 is 1.82 bits per heavy atom. The molecular weight excluding hydrogens is 153 g/mol. The van der Waals surface area contributed by atoms with Gasteiger partial charge in [-0.1, -0.05) is 0 Å². The average Bonchev–Trinajstić information content (AvgIpc) is 2.34. The molecular formula is C6H6FNO3. The molecule has 0 spiro atoms. The summed E-state index contributed by atoms with van der Waals surface area (Å²) in [5.74, 6) is -0.955. The highest BCUT2D eigenvalue weighted by Gasteiger charge is 2.06. The van der Waals surface area contributed by atoms with E-state index in [2.05, 4.69) is 9.40 Å². The Bertz CT molecular complexity index is 258. The Morgan fingerprint density at radius 2 is 2.55 bits per heavy atom. The zero-order valence-corrected chi connectivity index (χ0v) is 5.58. The van der Waals surface area contributed by atoms with Gasteiger partial charge < -0.3 is 9.52 Å². The maximum Gasteiger partial charge on any atom is 0.312 e. The van der Waals surface area contributed by atoms with Crippen LogP contribution in [0.5, 0.6) is 0 Å². The third-order valence-corrected chi connectivity index (χ3v) is 1.04. The van der Waals surface area contributed by atoms with Crippen molar-refractivity contribution >= 4 is 5.97 Å². The van der Waals surface area contributed by atoms with Gasteiger partial charge in [0.2, 0.25) is 5.89 Å². The molecule has 0 amide bonds. The van der Waals surface area contributed by atoms with Gasteiger partial charge in [-0.3, -0.25) is 4.79 Å². The van der Waals surface area contributed by atoms with E-state index in [0.717, 1.165) is 0 Å². The number of hydrogen-bond donors (Lipinski definition) is 1. The molecule has 0 saturated carbocycles. The van der Waals surface area contributed by atoms with Gasteiger partial charge in [0.25, 0.3) is 0 Å². The van der Waals surface area contributed by atoms with E-state index in [9.17, 15) is 9.18 Å². The molecule has 60 valence electrons. The number of carboxylic acid groups (broad SMARTS) is 1. The monoisotopic (exact) mass is 159 g/mol. The summed E-state index contributed by atoms with van der Waals surface area (Å²) in [5, 5.41) is 8.26. The van der Waals surface area contributed by atoms with Crippen molar-refractivity contribution in [3.05, 3.63) is 17.8 Å². The van der Waals surface area contributed by atoms with Gasteiger partial charge in [-0.2, -0.15) is 0 Å². The second kappa shape index (κ2) is 3.14. The maximum atomic E-state index is 11.8. The molecule has 1 aromatic heterocycles. The van der Waals surface area contributed by atoms with Gasteiger partial charge >= 0.3 is 5.97 Å². The van der Waals surface area contributed by atoms with E-state index in [1.165, 1.54) is 6.20 Å². The number of aromatic nitrogens is 1. The van der Waals surface area contributed by atoms with E-state index in [0.29, 0.717) is 0 Å². The first-order valence-electron chi connectivity index (χ1n) is 2.93. The first kappa shape index (κ1) is 7.71. The summed E-state index contributed by atoms with van der Waals surface area (Å²) in [7, 11) is 0. The van der Waals surface area contributed by atoms with Crippen molar-refractivity contribution in [3.63, 3.8) is 0 Å². The van der Waals surface area contributed by atoms with Crippen molar-refractivity contribution in [3.8, 4) is 0 Å². The van der Waals surface area contributed by atoms with Crippen molar-refractivity contribution in [1.29, 1.82) is 0 Å². The molecule has 0 saturated heterocycles. The molecule has 0 aliphatic rings. The van der Waals surface area contributed by atoms with Crippen LogP contribution >= 0.6 is 0 Å². The van der Waals surface area contributed by atoms with Gasteiger partial charge in [-0.05, 0) is 0 Å². The number of aliphatic carboxylic acids is 1. The third kappa shape index (κ3) is 2.03. The van der Waals surface area contributed by atoms with Crippen LogP contribution in [-0.2, 0) is 17.9 Å². The Hall–Kier alpha value is -1.39. The summed E-state index contributed by atoms with van der Waals surface area (Å²) < 4.78 is 16.5.